The summed E-state index contributed by atoms with van der Waals surface area (Å²) in [5.41, 5.74) is 3.61. The minimum absolute atomic E-state index is 0.175. The van der Waals surface area contributed by atoms with E-state index in [-0.39, 0.29) is 5.82 Å². The number of halogens is 1. The number of hydrogen-bond donors (Lipinski definition) is 1. The molecule has 0 bridgehead atoms. The predicted octanol–water partition coefficient (Wildman–Crippen LogP) is 1.38. The molecule has 0 amide bonds. The first-order valence-corrected chi connectivity index (χ1v) is 8.05. The van der Waals surface area contributed by atoms with Gasteiger partial charge >= 0.3 is 0 Å². The van der Waals surface area contributed by atoms with Crippen LogP contribution in [-0.4, -0.2) is 35.8 Å². The zero-order chi connectivity index (χ0) is 15.6. The van der Waals surface area contributed by atoms with E-state index in [1.807, 2.05) is 35.1 Å². The number of anilines is 1. The molecule has 4 rings (SSSR count). The number of hydrogen-bond acceptors (Lipinski definition) is 2. The van der Waals surface area contributed by atoms with Crippen molar-refractivity contribution >= 4 is 11.2 Å². The lowest BCUT2D eigenvalue weighted by atomic mass is 10.2. The number of piperazine rings is 1. The summed E-state index contributed by atoms with van der Waals surface area (Å²) in [7, 11) is 0. The van der Waals surface area contributed by atoms with Crippen LogP contribution in [0.4, 0.5) is 10.1 Å². The van der Waals surface area contributed by atoms with Gasteiger partial charge in [-0.2, -0.15) is 5.10 Å². The molecule has 1 aliphatic rings. The predicted molar refractivity (Wildman–Crippen MR) is 88.2 cm³/mol. The van der Waals surface area contributed by atoms with Crippen molar-refractivity contribution in [2.45, 2.75) is 6.54 Å². The van der Waals surface area contributed by atoms with Crippen LogP contribution in [0.3, 0.4) is 0 Å². The van der Waals surface area contributed by atoms with Gasteiger partial charge in [0.25, 0.3) is 0 Å². The molecule has 1 aromatic carbocycles. The van der Waals surface area contributed by atoms with Gasteiger partial charge in [0.2, 0.25) is 0 Å². The summed E-state index contributed by atoms with van der Waals surface area (Å²) in [6, 6.07) is 13.0. The van der Waals surface area contributed by atoms with Crippen molar-refractivity contribution in [2.24, 2.45) is 0 Å². The fourth-order valence-electron chi connectivity index (χ4n) is 3.30. The first kappa shape index (κ1) is 14.2. The summed E-state index contributed by atoms with van der Waals surface area (Å²) in [5.74, 6) is -0.175. The fourth-order valence-corrected chi connectivity index (χ4v) is 3.30. The van der Waals surface area contributed by atoms with Gasteiger partial charge in [-0.3, -0.25) is 0 Å². The standard InChI is InChI=1S/C18H19FN4/c19-16-4-6-17(7-5-16)22-11-9-21(10-12-22)14-15-13-20-23-8-2-1-3-18(15)23/h1-8,13H,9-12,14H2/p+1. The van der Waals surface area contributed by atoms with Gasteiger partial charge in [0.1, 0.15) is 12.4 Å². The van der Waals surface area contributed by atoms with E-state index in [4.69, 9.17) is 0 Å². The maximum absolute atomic E-state index is 13.0. The highest BCUT2D eigenvalue weighted by atomic mass is 19.1. The second-order valence-corrected chi connectivity index (χ2v) is 6.09. The molecule has 118 valence electrons. The quantitative estimate of drug-likeness (QED) is 0.790. The molecule has 1 N–H and O–H groups in total. The van der Waals surface area contributed by atoms with Crippen LogP contribution in [0.1, 0.15) is 5.56 Å². The van der Waals surface area contributed by atoms with Crippen LogP contribution in [0.25, 0.3) is 5.52 Å². The van der Waals surface area contributed by atoms with E-state index in [9.17, 15) is 4.39 Å². The summed E-state index contributed by atoms with van der Waals surface area (Å²) in [5, 5.41) is 4.41. The monoisotopic (exact) mass is 311 g/mol. The highest BCUT2D eigenvalue weighted by Gasteiger charge is 2.21. The second kappa shape index (κ2) is 6.01. The molecule has 4 nitrogen and oxygen atoms in total. The van der Waals surface area contributed by atoms with Crippen molar-refractivity contribution in [1.29, 1.82) is 0 Å². The number of benzene rings is 1. The summed E-state index contributed by atoms with van der Waals surface area (Å²) in [6.45, 7) is 5.17. The highest BCUT2D eigenvalue weighted by molar-refractivity contribution is 5.52. The average molecular weight is 311 g/mol. The Hall–Kier alpha value is -2.40. The lowest BCUT2D eigenvalue weighted by Crippen LogP contribution is -3.13. The molecule has 0 atom stereocenters. The van der Waals surface area contributed by atoms with Gasteiger partial charge in [0, 0.05) is 11.9 Å². The highest BCUT2D eigenvalue weighted by Crippen LogP contribution is 2.14. The number of quaternary nitrogens is 1. The molecular weight excluding hydrogens is 291 g/mol. The molecule has 1 fully saturated rings. The van der Waals surface area contributed by atoms with Crippen molar-refractivity contribution in [1.82, 2.24) is 9.61 Å². The number of rotatable bonds is 3. The molecule has 23 heavy (non-hydrogen) atoms. The van der Waals surface area contributed by atoms with Crippen LogP contribution < -0.4 is 9.80 Å². The third kappa shape index (κ3) is 2.92. The van der Waals surface area contributed by atoms with Crippen molar-refractivity contribution in [2.75, 3.05) is 31.1 Å². The third-order valence-electron chi connectivity index (χ3n) is 4.61. The van der Waals surface area contributed by atoms with E-state index in [1.54, 1.807) is 4.90 Å². The Balaban J connectivity index is 1.41. The van der Waals surface area contributed by atoms with Crippen LogP contribution in [0.15, 0.2) is 54.9 Å². The van der Waals surface area contributed by atoms with Crippen LogP contribution in [0.2, 0.25) is 0 Å². The molecule has 3 aromatic rings. The number of pyridine rings is 1. The van der Waals surface area contributed by atoms with Crippen molar-refractivity contribution in [3.05, 3.63) is 66.2 Å². The Labute approximate surface area is 134 Å². The number of fused-ring (bicyclic) bond motifs is 1. The van der Waals surface area contributed by atoms with Gasteiger partial charge in [0.15, 0.2) is 0 Å². The van der Waals surface area contributed by atoms with Gasteiger partial charge < -0.3 is 9.80 Å². The van der Waals surface area contributed by atoms with Crippen molar-refractivity contribution in [3.8, 4) is 0 Å². The Morgan fingerprint density at radius 3 is 2.61 bits per heavy atom. The summed E-state index contributed by atoms with van der Waals surface area (Å²) in [6.07, 6.45) is 3.97. The van der Waals surface area contributed by atoms with Crippen LogP contribution in [0.5, 0.6) is 0 Å². The molecule has 0 aliphatic carbocycles. The SMILES string of the molecule is Fc1ccc(N2CC[NH+](Cc3cnn4ccccc34)CC2)cc1. The number of nitrogens with zero attached hydrogens (tertiary/aromatic N) is 3. The van der Waals surface area contributed by atoms with Crippen molar-refractivity contribution in [3.63, 3.8) is 0 Å². The largest absolute Gasteiger partial charge is 0.360 e. The molecule has 3 heterocycles. The molecule has 0 saturated carbocycles. The third-order valence-corrected chi connectivity index (χ3v) is 4.61. The van der Waals surface area contributed by atoms with Gasteiger partial charge in [-0.15, -0.1) is 0 Å². The maximum Gasteiger partial charge on any atom is 0.123 e. The van der Waals surface area contributed by atoms with E-state index in [2.05, 4.69) is 22.1 Å². The van der Waals surface area contributed by atoms with Crippen LogP contribution in [-0.2, 0) is 6.54 Å². The molecule has 1 aliphatic heterocycles. The van der Waals surface area contributed by atoms with E-state index in [0.29, 0.717) is 0 Å². The van der Waals surface area contributed by atoms with Crippen molar-refractivity contribution < 1.29 is 9.29 Å². The molecule has 0 unspecified atom stereocenters. The maximum atomic E-state index is 13.0. The van der Waals surface area contributed by atoms with E-state index >= 15 is 0 Å². The Morgan fingerprint density at radius 1 is 1.04 bits per heavy atom. The normalized spacial score (nSPS) is 16.1. The summed E-state index contributed by atoms with van der Waals surface area (Å²) >= 11 is 0. The lowest BCUT2D eigenvalue weighted by molar-refractivity contribution is -0.914. The first-order chi connectivity index (χ1) is 11.3. The molecule has 0 spiro atoms. The summed E-state index contributed by atoms with van der Waals surface area (Å²) < 4.78 is 15.0. The minimum atomic E-state index is -0.175. The number of aromatic nitrogens is 2. The van der Waals surface area contributed by atoms with E-state index < -0.39 is 0 Å². The molecule has 5 heteroatoms. The minimum Gasteiger partial charge on any atom is -0.360 e. The smallest absolute Gasteiger partial charge is 0.123 e. The molecule has 0 radical (unpaired) electrons. The zero-order valence-corrected chi connectivity index (χ0v) is 13.0. The summed E-state index contributed by atoms with van der Waals surface area (Å²) in [4.78, 5) is 3.90. The van der Waals surface area contributed by atoms with Gasteiger partial charge in [0.05, 0.1) is 43.5 Å². The Bertz CT molecular complexity index is 788. The van der Waals surface area contributed by atoms with Crippen LogP contribution in [0, 0.1) is 5.82 Å². The van der Waals surface area contributed by atoms with Gasteiger partial charge in [-0.05, 0) is 36.4 Å². The average Bonchev–Trinajstić information content (AvgIpc) is 3.00. The Morgan fingerprint density at radius 2 is 1.83 bits per heavy atom. The topological polar surface area (TPSA) is 25.0 Å². The second-order valence-electron chi connectivity index (χ2n) is 6.09. The zero-order valence-electron chi connectivity index (χ0n) is 13.0. The fraction of sp³-hybridized carbons (Fsp3) is 0.278. The molecule has 2 aromatic heterocycles. The molecular formula is C18H20FN4+. The van der Waals surface area contributed by atoms with E-state index in [1.165, 1.54) is 23.2 Å². The Kier molecular flexibility index (Phi) is 3.71. The van der Waals surface area contributed by atoms with Gasteiger partial charge in [-0.25, -0.2) is 8.91 Å². The van der Waals surface area contributed by atoms with E-state index in [0.717, 1.165) is 38.4 Å². The molecule has 1 saturated heterocycles. The number of nitrogens with one attached hydrogen (secondary N) is 1. The lowest BCUT2D eigenvalue weighted by Gasteiger charge is -2.33. The first-order valence-electron chi connectivity index (χ1n) is 8.05. The van der Waals surface area contributed by atoms with Gasteiger partial charge in [-0.1, -0.05) is 6.07 Å². The van der Waals surface area contributed by atoms with Crippen LogP contribution >= 0.6 is 0 Å².